The van der Waals surface area contributed by atoms with Gasteiger partial charge in [-0.05, 0) is 31.6 Å². The molecule has 0 spiro atoms. The van der Waals surface area contributed by atoms with Crippen molar-refractivity contribution in [1.29, 1.82) is 0 Å². The fourth-order valence-corrected chi connectivity index (χ4v) is 1.74. The normalized spacial score (nSPS) is 11.2. The molecule has 0 atom stereocenters. The summed E-state index contributed by atoms with van der Waals surface area (Å²) >= 11 is 0. The Kier molecular flexibility index (Phi) is 6.11. The molecule has 4 heteroatoms. The van der Waals surface area contributed by atoms with Crippen LogP contribution in [0.4, 0.5) is 0 Å². The number of nitrogens with zero attached hydrogens (tertiary/aromatic N) is 3. The highest BCUT2D eigenvalue weighted by molar-refractivity contribution is 5.03. The number of hydrogen-bond donors (Lipinski definition) is 1. The van der Waals surface area contributed by atoms with Crippen LogP contribution in [0.5, 0.6) is 0 Å². The van der Waals surface area contributed by atoms with Gasteiger partial charge < -0.3 is 10.2 Å². The molecule has 1 aromatic rings. The van der Waals surface area contributed by atoms with Crippen molar-refractivity contribution in [3.63, 3.8) is 0 Å². The standard InChI is InChI=1S/C12H24N4/c1-4-16(5-2)9-8-13-7-6-12-10-14-15(3)11-12/h10-11,13H,4-9H2,1-3H3. The highest BCUT2D eigenvalue weighted by atomic mass is 15.2. The van der Waals surface area contributed by atoms with Gasteiger partial charge in [-0.25, -0.2) is 0 Å². The van der Waals surface area contributed by atoms with Crippen molar-refractivity contribution in [3.8, 4) is 0 Å². The van der Waals surface area contributed by atoms with Crippen LogP contribution in [-0.2, 0) is 13.5 Å². The summed E-state index contributed by atoms with van der Waals surface area (Å²) in [5, 5.41) is 7.61. The van der Waals surface area contributed by atoms with Crippen molar-refractivity contribution in [3.05, 3.63) is 18.0 Å². The lowest BCUT2D eigenvalue weighted by atomic mass is 10.2. The van der Waals surface area contributed by atoms with Crippen LogP contribution in [0.3, 0.4) is 0 Å². The van der Waals surface area contributed by atoms with Gasteiger partial charge in [0.15, 0.2) is 0 Å². The van der Waals surface area contributed by atoms with Gasteiger partial charge >= 0.3 is 0 Å². The molecule has 4 nitrogen and oxygen atoms in total. The quantitative estimate of drug-likeness (QED) is 0.666. The monoisotopic (exact) mass is 224 g/mol. The summed E-state index contributed by atoms with van der Waals surface area (Å²) in [5.41, 5.74) is 1.30. The van der Waals surface area contributed by atoms with E-state index in [0.717, 1.165) is 39.1 Å². The summed E-state index contributed by atoms with van der Waals surface area (Å²) in [6, 6.07) is 0. The molecule has 0 radical (unpaired) electrons. The summed E-state index contributed by atoms with van der Waals surface area (Å²) in [6.07, 6.45) is 5.07. The highest BCUT2D eigenvalue weighted by Crippen LogP contribution is 1.95. The number of hydrogen-bond acceptors (Lipinski definition) is 3. The third kappa shape index (κ3) is 4.77. The maximum atomic E-state index is 4.15. The van der Waals surface area contributed by atoms with Crippen molar-refractivity contribution in [2.75, 3.05) is 32.7 Å². The zero-order valence-electron chi connectivity index (χ0n) is 10.7. The second-order valence-electron chi connectivity index (χ2n) is 4.05. The first-order valence-corrected chi connectivity index (χ1v) is 6.16. The Morgan fingerprint density at radius 1 is 1.31 bits per heavy atom. The Morgan fingerprint density at radius 3 is 2.62 bits per heavy atom. The van der Waals surface area contributed by atoms with Gasteiger partial charge in [0.2, 0.25) is 0 Å². The molecule has 0 unspecified atom stereocenters. The van der Waals surface area contributed by atoms with Crippen molar-refractivity contribution in [1.82, 2.24) is 20.0 Å². The molecule has 0 bridgehead atoms. The third-order valence-electron chi connectivity index (χ3n) is 2.85. The Morgan fingerprint density at radius 2 is 2.06 bits per heavy atom. The second-order valence-corrected chi connectivity index (χ2v) is 4.05. The van der Waals surface area contributed by atoms with Gasteiger partial charge in [-0.2, -0.15) is 5.10 Å². The minimum atomic E-state index is 1.03. The van der Waals surface area contributed by atoms with E-state index in [1.807, 2.05) is 17.9 Å². The summed E-state index contributed by atoms with van der Waals surface area (Å²) < 4.78 is 1.85. The minimum Gasteiger partial charge on any atom is -0.315 e. The molecular formula is C12H24N4. The average molecular weight is 224 g/mol. The summed E-state index contributed by atoms with van der Waals surface area (Å²) in [5.74, 6) is 0. The largest absolute Gasteiger partial charge is 0.315 e. The average Bonchev–Trinajstić information content (AvgIpc) is 2.70. The van der Waals surface area contributed by atoms with E-state index in [2.05, 4.69) is 35.4 Å². The molecule has 0 amide bonds. The summed E-state index contributed by atoms with van der Waals surface area (Å²) in [6.45, 7) is 9.94. The van der Waals surface area contributed by atoms with E-state index in [4.69, 9.17) is 0 Å². The van der Waals surface area contributed by atoms with E-state index in [9.17, 15) is 0 Å². The first-order valence-electron chi connectivity index (χ1n) is 6.16. The van der Waals surface area contributed by atoms with E-state index in [1.54, 1.807) is 0 Å². The first-order chi connectivity index (χ1) is 7.76. The van der Waals surface area contributed by atoms with Gasteiger partial charge in [-0.1, -0.05) is 13.8 Å². The van der Waals surface area contributed by atoms with Crippen LogP contribution < -0.4 is 5.32 Å². The fourth-order valence-electron chi connectivity index (χ4n) is 1.74. The van der Waals surface area contributed by atoms with Crippen LogP contribution in [0, 0.1) is 0 Å². The van der Waals surface area contributed by atoms with E-state index in [1.165, 1.54) is 5.56 Å². The predicted octanol–water partition coefficient (Wildman–Crippen LogP) is 0.894. The maximum Gasteiger partial charge on any atom is 0.0522 e. The lowest BCUT2D eigenvalue weighted by Gasteiger charge is -2.17. The predicted molar refractivity (Wildman–Crippen MR) is 67.6 cm³/mol. The van der Waals surface area contributed by atoms with Gasteiger partial charge in [-0.15, -0.1) is 0 Å². The molecule has 1 rings (SSSR count). The zero-order chi connectivity index (χ0) is 11.8. The molecule has 0 aromatic carbocycles. The second kappa shape index (κ2) is 7.41. The fraction of sp³-hybridized carbons (Fsp3) is 0.750. The lowest BCUT2D eigenvalue weighted by molar-refractivity contribution is 0.303. The van der Waals surface area contributed by atoms with Gasteiger partial charge in [-0.3, -0.25) is 4.68 Å². The summed E-state index contributed by atoms with van der Waals surface area (Å²) in [7, 11) is 1.96. The smallest absolute Gasteiger partial charge is 0.0522 e. The molecule has 16 heavy (non-hydrogen) atoms. The van der Waals surface area contributed by atoms with E-state index in [-0.39, 0.29) is 0 Å². The van der Waals surface area contributed by atoms with Crippen LogP contribution in [-0.4, -0.2) is 47.4 Å². The summed E-state index contributed by atoms with van der Waals surface area (Å²) in [4.78, 5) is 2.43. The molecule has 0 fully saturated rings. The van der Waals surface area contributed by atoms with Crippen molar-refractivity contribution >= 4 is 0 Å². The Bertz CT molecular complexity index is 278. The number of aryl methyl sites for hydroxylation is 1. The van der Waals surface area contributed by atoms with Crippen LogP contribution in [0.2, 0.25) is 0 Å². The molecule has 0 aliphatic heterocycles. The van der Waals surface area contributed by atoms with E-state index < -0.39 is 0 Å². The molecule has 1 N–H and O–H groups in total. The van der Waals surface area contributed by atoms with Crippen molar-refractivity contribution < 1.29 is 0 Å². The Hall–Kier alpha value is -0.870. The number of nitrogens with one attached hydrogen (secondary N) is 1. The van der Waals surface area contributed by atoms with Gasteiger partial charge in [0, 0.05) is 26.3 Å². The van der Waals surface area contributed by atoms with Crippen molar-refractivity contribution in [2.45, 2.75) is 20.3 Å². The van der Waals surface area contributed by atoms with E-state index in [0.29, 0.717) is 0 Å². The Labute approximate surface area is 98.6 Å². The molecule has 0 aliphatic rings. The third-order valence-corrected chi connectivity index (χ3v) is 2.85. The van der Waals surface area contributed by atoms with Crippen LogP contribution in [0.25, 0.3) is 0 Å². The van der Waals surface area contributed by atoms with Gasteiger partial charge in [0.05, 0.1) is 6.20 Å². The van der Waals surface area contributed by atoms with Gasteiger partial charge in [0.1, 0.15) is 0 Å². The van der Waals surface area contributed by atoms with E-state index >= 15 is 0 Å². The molecule has 92 valence electrons. The minimum absolute atomic E-state index is 1.03. The van der Waals surface area contributed by atoms with Gasteiger partial charge in [0.25, 0.3) is 0 Å². The SMILES string of the molecule is CCN(CC)CCNCCc1cnn(C)c1. The molecular weight excluding hydrogens is 200 g/mol. The number of rotatable bonds is 8. The zero-order valence-corrected chi connectivity index (χ0v) is 10.7. The molecule has 0 saturated heterocycles. The van der Waals surface area contributed by atoms with Crippen molar-refractivity contribution in [2.24, 2.45) is 7.05 Å². The lowest BCUT2D eigenvalue weighted by Crippen LogP contribution is -2.32. The molecule has 0 saturated carbocycles. The maximum absolute atomic E-state index is 4.15. The number of aromatic nitrogens is 2. The topological polar surface area (TPSA) is 33.1 Å². The van der Waals surface area contributed by atoms with Crippen LogP contribution >= 0.6 is 0 Å². The molecule has 1 heterocycles. The highest BCUT2D eigenvalue weighted by Gasteiger charge is 1.98. The molecule has 1 aromatic heterocycles. The van der Waals surface area contributed by atoms with Crippen LogP contribution in [0.15, 0.2) is 12.4 Å². The van der Waals surface area contributed by atoms with Crippen LogP contribution in [0.1, 0.15) is 19.4 Å². The number of likely N-dealkylation sites (N-methyl/N-ethyl adjacent to an activating group) is 1. The Balaban J connectivity index is 2.04. The molecule has 0 aliphatic carbocycles. The first kappa shape index (κ1) is 13.2.